The van der Waals surface area contributed by atoms with Crippen molar-refractivity contribution in [2.75, 3.05) is 38.2 Å². The van der Waals surface area contributed by atoms with Crippen LogP contribution in [-0.2, 0) is 20.9 Å². The van der Waals surface area contributed by atoms with E-state index in [1.54, 1.807) is 17.0 Å². The van der Waals surface area contributed by atoms with Gasteiger partial charge in [0.15, 0.2) is 6.23 Å². The van der Waals surface area contributed by atoms with Gasteiger partial charge in [-0.3, -0.25) is 14.6 Å². The number of piperidine rings is 1. The van der Waals surface area contributed by atoms with Gasteiger partial charge in [-0.1, -0.05) is 36.4 Å². The zero-order chi connectivity index (χ0) is 24.7. The van der Waals surface area contributed by atoms with E-state index < -0.39 is 24.2 Å². The zero-order valence-corrected chi connectivity index (χ0v) is 19.2. The first kappa shape index (κ1) is 23.1. The fourth-order valence-electron chi connectivity index (χ4n) is 5.05. The molecular weight excluding hydrogens is 457 g/mol. The SMILES string of the molecule is CN(C(=O)O)[C@@H]1CN(c2ccc(C3[C@H]4CN(C(=O)COCc5ccccc5)C[C@@H]34)c(F)c2)C(=O)O1. The molecule has 3 amide bonds. The molecule has 5 rings (SSSR count). The number of likely N-dealkylation sites (N-methyl/N-ethyl adjacent to an activating group) is 1. The van der Waals surface area contributed by atoms with E-state index in [0.717, 1.165) is 10.5 Å². The van der Waals surface area contributed by atoms with Crippen LogP contribution in [0.25, 0.3) is 0 Å². The minimum atomic E-state index is -1.22. The van der Waals surface area contributed by atoms with Gasteiger partial charge in [0, 0.05) is 20.1 Å². The first-order chi connectivity index (χ1) is 16.8. The van der Waals surface area contributed by atoms with Crippen molar-refractivity contribution < 1.29 is 33.4 Å². The van der Waals surface area contributed by atoms with E-state index in [-0.39, 0.29) is 36.8 Å². The van der Waals surface area contributed by atoms with E-state index >= 15 is 4.39 Å². The third kappa shape index (κ3) is 4.53. The van der Waals surface area contributed by atoms with Crippen molar-refractivity contribution in [1.29, 1.82) is 0 Å². The second-order valence-electron chi connectivity index (χ2n) is 9.18. The third-order valence-corrected chi connectivity index (χ3v) is 7.07. The van der Waals surface area contributed by atoms with Crippen LogP contribution in [0.15, 0.2) is 48.5 Å². The van der Waals surface area contributed by atoms with Gasteiger partial charge in [-0.15, -0.1) is 0 Å². The summed E-state index contributed by atoms with van der Waals surface area (Å²) in [6.45, 7) is 1.54. The Bertz CT molecular complexity index is 1130. The van der Waals surface area contributed by atoms with Crippen LogP contribution < -0.4 is 4.90 Å². The van der Waals surface area contributed by atoms with Gasteiger partial charge in [-0.25, -0.2) is 14.0 Å². The molecule has 2 aromatic carbocycles. The van der Waals surface area contributed by atoms with Crippen molar-refractivity contribution >= 4 is 23.8 Å². The molecular formula is C25H26FN3O6. The fraction of sp³-hybridized carbons (Fsp3) is 0.400. The number of carbonyl (C=O) groups excluding carboxylic acids is 2. The number of ether oxygens (including phenoxy) is 2. The maximum absolute atomic E-state index is 15.0. The number of fused-ring (bicyclic) bond motifs is 1. The van der Waals surface area contributed by atoms with Gasteiger partial charge in [-0.05, 0) is 41.0 Å². The lowest BCUT2D eigenvalue weighted by Crippen LogP contribution is -2.38. The molecule has 0 spiro atoms. The number of rotatable bonds is 7. The summed E-state index contributed by atoms with van der Waals surface area (Å²) in [5, 5.41) is 9.08. The Balaban J connectivity index is 1.14. The first-order valence-corrected chi connectivity index (χ1v) is 11.5. The van der Waals surface area contributed by atoms with Crippen LogP contribution in [-0.4, -0.2) is 72.5 Å². The smallest absolute Gasteiger partial charge is 0.416 e. The van der Waals surface area contributed by atoms with Crippen LogP contribution >= 0.6 is 0 Å². The van der Waals surface area contributed by atoms with E-state index in [1.165, 1.54) is 18.0 Å². The van der Waals surface area contributed by atoms with E-state index in [9.17, 15) is 14.4 Å². The van der Waals surface area contributed by atoms with Crippen LogP contribution in [0, 0.1) is 17.7 Å². The summed E-state index contributed by atoms with van der Waals surface area (Å²) >= 11 is 0. The monoisotopic (exact) mass is 483 g/mol. The maximum atomic E-state index is 15.0. The molecule has 10 heteroatoms. The number of cyclic esters (lactones) is 1. The molecule has 2 saturated heterocycles. The van der Waals surface area contributed by atoms with Crippen molar-refractivity contribution in [2.24, 2.45) is 11.8 Å². The molecule has 35 heavy (non-hydrogen) atoms. The largest absolute Gasteiger partial charge is 0.465 e. The number of benzene rings is 2. The Hall–Kier alpha value is -3.66. The Kier molecular flexibility index (Phi) is 6.06. The molecule has 1 aliphatic carbocycles. The molecule has 4 atom stereocenters. The van der Waals surface area contributed by atoms with Gasteiger partial charge in [0.2, 0.25) is 5.91 Å². The molecule has 0 radical (unpaired) electrons. The minimum absolute atomic E-state index is 0.0154. The number of nitrogens with zero attached hydrogens (tertiary/aromatic N) is 3. The predicted molar refractivity (Wildman–Crippen MR) is 122 cm³/mol. The molecule has 0 bridgehead atoms. The van der Waals surface area contributed by atoms with Crippen molar-refractivity contribution in [3.63, 3.8) is 0 Å². The summed E-state index contributed by atoms with van der Waals surface area (Å²) in [7, 11) is 1.31. The highest BCUT2D eigenvalue weighted by atomic mass is 19.1. The summed E-state index contributed by atoms with van der Waals surface area (Å²) in [6.07, 6.45) is -2.89. The Morgan fingerprint density at radius 3 is 2.51 bits per heavy atom. The molecule has 1 unspecified atom stereocenters. The highest BCUT2D eigenvalue weighted by Gasteiger charge is 2.57. The number of likely N-dealkylation sites (tertiary alicyclic amines) is 1. The van der Waals surface area contributed by atoms with E-state index in [2.05, 4.69) is 0 Å². The van der Waals surface area contributed by atoms with E-state index in [0.29, 0.717) is 30.9 Å². The lowest BCUT2D eigenvalue weighted by Gasteiger charge is -2.21. The molecule has 9 nitrogen and oxygen atoms in total. The second kappa shape index (κ2) is 9.18. The number of halogens is 1. The van der Waals surface area contributed by atoms with E-state index in [4.69, 9.17) is 14.6 Å². The summed E-state index contributed by atoms with van der Waals surface area (Å²) in [4.78, 5) is 39.7. The molecule has 2 heterocycles. The van der Waals surface area contributed by atoms with Gasteiger partial charge in [-0.2, -0.15) is 0 Å². The second-order valence-corrected chi connectivity index (χ2v) is 9.18. The minimum Gasteiger partial charge on any atom is -0.465 e. The quantitative estimate of drug-likeness (QED) is 0.650. The van der Waals surface area contributed by atoms with Crippen LogP contribution in [0.4, 0.5) is 19.7 Å². The van der Waals surface area contributed by atoms with Gasteiger partial charge >= 0.3 is 12.2 Å². The van der Waals surface area contributed by atoms with Crippen LogP contribution in [0.5, 0.6) is 0 Å². The Morgan fingerprint density at radius 1 is 1.14 bits per heavy atom. The van der Waals surface area contributed by atoms with Crippen molar-refractivity contribution in [3.05, 3.63) is 65.5 Å². The Morgan fingerprint density at radius 2 is 1.86 bits per heavy atom. The molecule has 2 aromatic rings. The molecule has 3 aliphatic rings. The maximum Gasteiger partial charge on any atom is 0.416 e. The van der Waals surface area contributed by atoms with Gasteiger partial charge in [0.25, 0.3) is 0 Å². The molecule has 184 valence electrons. The number of hydrogen-bond donors (Lipinski definition) is 1. The average molecular weight is 483 g/mol. The molecule has 1 saturated carbocycles. The molecule has 0 aromatic heterocycles. The zero-order valence-electron chi connectivity index (χ0n) is 19.2. The summed E-state index contributed by atoms with van der Waals surface area (Å²) in [5.74, 6) is -0.0303. The van der Waals surface area contributed by atoms with Crippen molar-refractivity contribution in [2.45, 2.75) is 18.8 Å². The summed E-state index contributed by atoms with van der Waals surface area (Å²) in [6, 6.07) is 14.3. The number of hydrogen-bond acceptors (Lipinski definition) is 5. The third-order valence-electron chi connectivity index (χ3n) is 7.07. The topological polar surface area (TPSA) is 99.6 Å². The van der Waals surface area contributed by atoms with Gasteiger partial charge in [0.05, 0.1) is 18.8 Å². The Labute approximate surface area is 201 Å². The summed E-state index contributed by atoms with van der Waals surface area (Å²) < 4.78 is 25.7. The molecule has 2 aliphatic heterocycles. The number of amides is 3. The van der Waals surface area contributed by atoms with Crippen molar-refractivity contribution in [3.8, 4) is 0 Å². The normalized spacial score (nSPS) is 24.8. The first-order valence-electron chi connectivity index (χ1n) is 11.5. The van der Waals surface area contributed by atoms with Crippen LogP contribution in [0.2, 0.25) is 0 Å². The lowest BCUT2D eigenvalue weighted by atomic mass is 10.1. The number of carboxylic acid groups (broad SMARTS) is 1. The predicted octanol–water partition coefficient (Wildman–Crippen LogP) is 3.11. The molecule has 1 N–H and O–H groups in total. The van der Waals surface area contributed by atoms with E-state index in [1.807, 2.05) is 30.3 Å². The fourth-order valence-corrected chi connectivity index (χ4v) is 5.05. The molecule has 3 fully saturated rings. The summed E-state index contributed by atoms with van der Waals surface area (Å²) in [5.41, 5.74) is 1.90. The highest BCUT2D eigenvalue weighted by Crippen LogP contribution is 2.58. The highest BCUT2D eigenvalue weighted by molar-refractivity contribution is 5.90. The van der Waals surface area contributed by atoms with Gasteiger partial charge in [0.1, 0.15) is 12.4 Å². The standard InChI is InChI=1S/C25H26FN3O6/c1-27(24(31)32)22-12-29(25(33)35-22)16-7-8-17(20(26)9-16)23-18-10-28(11-19(18)23)21(30)14-34-13-15-5-3-2-4-6-15/h2-9,18-19,22-23H,10-14H2,1H3,(H,31,32)/t18-,19+,22-,23?/m0/s1. The average Bonchev–Trinajstić information content (AvgIpc) is 3.16. The van der Waals surface area contributed by atoms with Crippen LogP contribution in [0.1, 0.15) is 17.0 Å². The lowest BCUT2D eigenvalue weighted by molar-refractivity contribution is -0.136. The van der Waals surface area contributed by atoms with Crippen LogP contribution in [0.3, 0.4) is 0 Å². The number of anilines is 1. The number of carbonyl (C=O) groups is 3. The van der Waals surface area contributed by atoms with Crippen molar-refractivity contribution in [1.82, 2.24) is 9.80 Å². The van der Waals surface area contributed by atoms with Gasteiger partial charge < -0.3 is 19.5 Å².